The smallest absolute Gasteiger partial charge is 0.422 e. The number of alkyl halides is 3. The molecule has 5 nitrogen and oxygen atoms in total. The van der Waals surface area contributed by atoms with Crippen LogP contribution in [0.15, 0.2) is 12.7 Å². The van der Waals surface area contributed by atoms with Crippen molar-refractivity contribution in [1.82, 2.24) is 4.90 Å². The van der Waals surface area contributed by atoms with Crippen molar-refractivity contribution in [3.05, 3.63) is 12.7 Å². The van der Waals surface area contributed by atoms with Gasteiger partial charge in [0, 0.05) is 6.54 Å². The van der Waals surface area contributed by atoms with E-state index in [1.54, 1.807) is 0 Å². The second-order valence-electron chi connectivity index (χ2n) is 3.78. The van der Waals surface area contributed by atoms with Gasteiger partial charge in [-0.05, 0) is 12.8 Å². The number of carbonyl (C=O) groups is 2. The van der Waals surface area contributed by atoms with Crippen molar-refractivity contribution in [2.75, 3.05) is 13.2 Å². The van der Waals surface area contributed by atoms with Gasteiger partial charge in [0.05, 0.1) is 0 Å². The van der Waals surface area contributed by atoms with Gasteiger partial charge in [0.25, 0.3) is 0 Å². The molecule has 1 aliphatic heterocycles. The Morgan fingerprint density at radius 1 is 1.50 bits per heavy atom. The molecule has 1 rings (SSSR count). The number of likely N-dealkylation sites (tertiary alicyclic amines) is 1. The summed E-state index contributed by atoms with van der Waals surface area (Å²) in [7, 11) is 0. The highest BCUT2D eigenvalue weighted by Gasteiger charge is 2.68. The molecule has 1 heterocycles. The van der Waals surface area contributed by atoms with Crippen LogP contribution in [0.4, 0.5) is 18.0 Å². The van der Waals surface area contributed by atoms with Crippen molar-refractivity contribution in [3.8, 4) is 0 Å². The zero-order valence-corrected chi connectivity index (χ0v) is 9.37. The fourth-order valence-electron chi connectivity index (χ4n) is 1.91. The molecule has 102 valence electrons. The van der Waals surface area contributed by atoms with E-state index in [0.717, 1.165) is 0 Å². The quantitative estimate of drug-likeness (QED) is 0.792. The molecule has 0 bridgehead atoms. The molecule has 0 radical (unpaired) electrons. The predicted octanol–water partition coefficient (Wildman–Crippen LogP) is 1.79. The Kier molecular flexibility index (Phi) is 3.88. The zero-order valence-electron chi connectivity index (χ0n) is 9.37. The van der Waals surface area contributed by atoms with Crippen molar-refractivity contribution >= 4 is 12.1 Å². The van der Waals surface area contributed by atoms with Gasteiger partial charge in [0.15, 0.2) is 0 Å². The van der Waals surface area contributed by atoms with E-state index in [4.69, 9.17) is 5.11 Å². The Morgan fingerprint density at radius 3 is 2.56 bits per heavy atom. The number of ether oxygens (including phenoxy) is 1. The van der Waals surface area contributed by atoms with Gasteiger partial charge in [-0.3, -0.25) is 4.90 Å². The Hall–Kier alpha value is -1.73. The second-order valence-corrected chi connectivity index (χ2v) is 3.78. The number of aliphatic carboxylic acids is 1. The van der Waals surface area contributed by atoms with E-state index in [-0.39, 0.29) is 24.5 Å². The topological polar surface area (TPSA) is 66.8 Å². The molecule has 1 amide bonds. The summed E-state index contributed by atoms with van der Waals surface area (Å²) in [5, 5.41) is 8.85. The van der Waals surface area contributed by atoms with Crippen LogP contribution in [0.3, 0.4) is 0 Å². The summed E-state index contributed by atoms with van der Waals surface area (Å²) in [6.45, 7) is 2.67. The third kappa shape index (κ3) is 2.14. The average Bonchev–Trinajstić information content (AvgIpc) is 2.70. The Labute approximate surface area is 101 Å². The maximum Gasteiger partial charge on any atom is 0.422 e. The van der Waals surface area contributed by atoms with Gasteiger partial charge < -0.3 is 9.84 Å². The fourth-order valence-corrected chi connectivity index (χ4v) is 1.91. The van der Waals surface area contributed by atoms with Crippen LogP contribution >= 0.6 is 0 Å². The fraction of sp³-hybridized carbons (Fsp3) is 0.600. The number of carboxylic acid groups (broad SMARTS) is 1. The number of carbonyl (C=O) groups excluding carboxylic acids is 1. The van der Waals surface area contributed by atoms with Gasteiger partial charge >= 0.3 is 18.2 Å². The molecule has 8 heteroatoms. The SMILES string of the molecule is C=CCOC(=O)N1CCC[C@@]1(C(=O)O)C(F)(F)F. The van der Waals surface area contributed by atoms with Crippen molar-refractivity contribution in [2.24, 2.45) is 0 Å². The van der Waals surface area contributed by atoms with Gasteiger partial charge in [-0.25, -0.2) is 9.59 Å². The molecule has 0 unspecified atom stereocenters. The maximum atomic E-state index is 12.9. The first-order chi connectivity index (χ1) is 8.27. The third-order valence-corrected chi connectivity index (χ3v) is 2.75. The highest BCUT2D eigenvalue weighted by molar-refractivity contribution is 5.86. The first-order valence-corrected chi connectivity index (χ1v) is 5.13. The minimum absolute atomic E-state index is 0.0466. The monoisotopic (exact) mass is 267 g/mol. The lowest BCUT2D eigenvalue weighted by Crippen LogP contribution is -2.62. The lowest BCUT2D eigenvalue weighted by atomic mass is 9.96. The van der Waals surface area contributed by atoms with Crippen LogP contribution in [-0.2, 0) is 9.53 Å². The number of rotatable bonds is 3. The average molecular weight is 267 g/mol. The molecule has 0 saturated carbocycles. The van der Waals surface area contributed by atoms with E-state index >= 15 is 0 Å². The highest BCUT2D eigenvalue weighted by Crippen LogP contribution is 2.43. The van der Waals surface area contributed by atoms with Crippen LogP contribution < -0.4 is 0 Å². The molecule has 1 saturated heterocycles. The zero-order chi connectivity index (χ0) is 14.0. The number of halogens is 3. The summed E-state index contributed by atoms with van der Waals surface area (Å²) >= 11 is 0. The molecule has 0 spiro atoms. The molecule has 0 aromatic rings. The molecular weight excluding hydrogens is 255 g/mol. The van der Waals surface area contributed by atoms with Crippen LogP contribution in [0.2, 0.25) is 0 Å². The van der Waals surface area contributed by atoms with Gasteiger partial charge in [-0.2, -0.15) is 13.2 Å². The highest BCUT2D eigenvalue weighted by atomic mass is 19.4. The predicted molar refractivity (Wildman–Crippen MR) is 53.9 cm³/mol. The summed E-state index contributed by atoms with van der Waals surface area (Å²) in [6.07, 6.45) is -5.89. The number of nitrogens with zero attached hydrogens (tertiary/aromatic N) is 1. The summed E-state index contributed by atoms with van der Waals surface area (Å²) in [5.74, 6) is -2.09. The molecule has 1 fully saturated rings. The van der Waals surface area contributed by atoms with Crippen LogP contribution in [0.5, 0.6) is 0 Å². The van der Waals surface area contributed by atoms with Gasteiger partial charge in [0.1, 0.15) is 6.61 Å². The minimum atomic E-state index is -5.05. The molecule has 1 atom stereocenters. The lowest BCUT2D eigenvalue weighted by molar-refractivity contribution is -0.225. The minimum Gasteiger partial charge on any atom is -0.479 e. The van der Waals surface area contributed by atoms with Crippen molar-refractivity contribution in [2.45, 2.75) is 24.6 Å². The van der Waals surface area contributed by atoms with Crippen LogP contribution in [0, 0.1) is 0 Å². The molecule has 1 N–H and O–H groups in total. The van der Waals surface area contributed by atoms with Crippen molar-refractivity contribution in [1.29, 1.82) is 0 Å². The summed E-state index contributed by atoms with van der Waals surface area (Å²) in [5.41, 5.74) is -3.19. The van der Waals surface area contributed by atoms with Crippen LogP contribution in [0.25, 0.3) is 0 Å². The number of hydrogen-bond acceptors (Lipinski definition) is 3. The molecule has 0 aliphatic carbocycles. The lowest BCUT2D eigenvalue weighted by Gasteiger charge is -2.35. The van der Waals surface area contributed by atoms with E-state index in [0.29, 0.717) is 0 Å². The van der Waals surface area contributed by atoms with E-state index < -0.39 is 30.2 Å². The number of carboxylic acids is 1. The normalized spacial score (nSPS) is 23.8. The van der Waals surface area contributed by atoms with E-state index in [9.17, 15) is 22.8 Å². The first kappa shape index (κ1) is 14.3. The standard InChI is InChI=1S/C10H12F3NO4/c1-2-6-18-8(17)14-5-3-4-9(14,7(15)16)10(11,12)13/h2H,1,3-6H2,(H,15,16)/t9-/m1/s1. The van der Waals surface area contributed by atoms with Crippen molar-refractivity contribution < 1.29 is 32.6 Å². The number of hydrogen-bond donors (Lipinski definition) is 1. The van der Waals surface area contributed by atoms with E-state index in [1.165, 1.54) is 6.08 Å². The van der Waals surface area contributed by atoms with Gasteiger partial charge in [0.2, 0.25) is 5.54 Å². The van der Waals surface area contributed by atoms with Crippen LogP contribution in [0.1, 0.15) is 12.8 Å². The molecule has 0 aromatic carbocycles. The second kappa shape index (κ2) is 4.87. The molecule has 18 heavy (non-hydrogen) atoms. The summed E-state index contributed by atoms with van der Waals surface area (Å²) in [4.78, 5) is 22.7. The van der Waals surface area contributed by atoms with Crippen molar-refractivity contribution in [3.63, 3.8) is 0 Å². The van der Waals surface area contributed by atoms with Crippen LogP contribution in [-0.4, -0.2) is 46.9 Å². The largest absolute Gasteiger partial charge is 0.479 e. The van der Waals surface area contributed by atoms with Gasteiger partial charge in [-0.1, -0.05) is 12.7 Å². The Bertz CT molecular complexity index is 369. The Morgan fingerprint density at radius 2 is 2.11 bits per heavy atom. The van der Waals surface area contributed by atoms with E-state index in [2.05, 4.69) is 11.3 Å². The Balaban J connectivity index is 3.06. The van der Waals surface area contributed by atoms with Gasteiger partial charge in [-0.15, -0.1) is 0 Å². The summed E-state index contributed by atoms with van der Waals surface area (Å²) < 4.78 is 43.3. The third-order valence-electron chi connectivity index (χ3n) is 2.75. The molecule has 1 aliphatic rings. The van der Waals surface area contributed by atoms with E-state index in [1.807, 2.05) is 0 Å². The molecule has 0 aromatic heterocycles. The number of amides is 1. The molecular formula is C10H12F3NO4. The maximum absolute atomic E-state index is 12.9. The first-order valence-electron chi connectivity index (χ1n) is 5.13. The summed E-state index contributed by atoms with van der Waals surface area (Å²) in [6, 6.07) is 0.